The molecule has 0 saturated carbocycles. The van der Waals surface area contributed by atoms with E-state index < -0.39 is 0 Å². The Morgan fingerprint density at radius 3 is 2.47 bits per heavy atom. The van der Waals surface area contributed by atoms with Crippen LogP contribution in [0.2, 0.25) is 0 Å². The minimum Gasteiger partial charge on any atom is -0.372 e. The molecule has 0 atom stereocenters. The lowest BCUT2D eigenvalue weighted by Crippen LogP contribution is -2.15. The van der Waals surface area contributed by atoms with Crippen molar-refractivity contribution in [2.24, 2.45) is 0 Å². The van der Waals surface area contributed by atoms with E-state index in [2.05, 4.69) is 38.1 Å². The maximum atomic E-state index is 4.50. The summed E-state index contributed by atoms with van der Waals surface area (Å²) in [4.78, 5) is 10.8. The van der Waals surface area contributed by atoms with Gasteiger partial charge in [0.05, 0.1) is 10.2 Å². The SMILES string of the molecule is CCCc1nc(N(C)C)nc(NC)c1Br. The number of hydrogen-bond donors (Lipinski definition) is 1. The van der Waals surface area contributed by atoms with E-state index in [0.29, 0.717) is 0 Å². The van der Waals surface area contributed by atoms with Crippen LogP contribution in [-0.2, 0) is 6.42 Å². The number of hydrogen-bond acceptors (Lipinski definition) is 4. The van der Waals surface area contributed by atoms with Crippen molar-refractivity contribution in [1.82, 2.24) is 9.97 Å². The average molecular weight is 273 g/mol. The topological polar surface area (TPSA) is 41.1 Å². The second kappa shape index (κ2) is 5.30. The normalized spacial score (nSPS) is 10.2. The first-order valence-electron chi connectivity index (χ1n) is 5.01. The summed E-state index contributed by atoms with van der Waals surface area (Å²) in [7, 11) is 5.75. The molecule has 1 N–H and O–H groups in total. The number of rotatable bonds is 4. The Bertz CT molecular complexity index is 338. The predicted octanol–water partition coefficient (Wildman–Crippen LogP) is 2.30. The molecule has 0 radical (unpaired) electrons. The summed E-state index contributed by atoms with van der Waals surface area (Å²) < 4.78 is 0.970. The Labute approximate surface area is 99.2 Å². The molecular weight excluding hydrogens is 256 g/mol. The molecule has 0 saturated heterocycles. The summed E-state index contributed by atoms with van der Waals surface area (Å²) in [6.07, 6.45) is 2.03. The van der Waals surface area contributed by atoms with Crippen molar-refractivity contribution in [1.29, 1.82) is 0 Å². The van der Waals surface area contributed by atoms with Crippen LogP contribution in [0.3, 0.4) is 0 Å². The van der Waals surface area contributed by atoms with Gasteiger partial charge in [-0.25, -0.2) is 4.98 Å². The molecule has 1 heterocycles. The minimum atomic E-state index is 0.742. The molecule has 1 aromatic rings. The van der Waals surface area contributed by atoms with Crippen molar-refractivity contribution < 1.29 is 0 Å². The monoisotopic (exact) mass is 272 g/mol. The molecule has 0 aliphatic rings. The molecule has 84 valence electrons. The largest absolute Gasteiger partial charge is 0.372 e. The summed E-state index contributed by atoms with van der Waals surface area (Å²) >= 11 is 3.52. The molecule has 0 bridgehead atoms. The van der Waals surface area contributed by atoms with Gasteiger partial charge >= 0.3 is 0 Å². The lowest BCUT2D eigenvalue weighted by Gasteiger charge is -2.15. The fourth-order valence-electron chi connectivity index (χ4n) is 1.25. The van der Waals surface area contributed by atoms with Crippen molar-refractivity contribution in [3.8, 4) is 0 Å². The zero-order valence-electron chi connectivity index (χ0n) is 9.63. The van der Waals surface area contributed by atoms with Crippen LogP contribution < -0.4 is 10.2 Å². The summed E-state index contributed by atoms with van der Waals surface area (Å²) in [5.74, 6) is 1.59. The van der Waals surface area contributed by atoms with Gasteiger partial charge < -0.3 is 10.2 Å². The highest BCUT2D eigenvalue weighted by atomic mass is 79.9. The van der Waals surface area contributed by atoms with E-state index in [9.17, 15) is 0 Å². The van der Waals surface area contributed by atoms with Crippen LogP contribution >= 0.6 is 15.9 Å². The number of halogens is 1. The van der Waals surface area contributed by atoms with Gasteiger partial charge in [0, 0.05) is 21.1 Å². The Balaban J connectivity index is 3.19. The molecule has 0 unspecified atom stereocenters. The number of nitrogens with one attached hydrogen (secondary N) is 1. The van der Waals surface area contributed by atoms with E-state index >= 15 is 0 Å². The Morgan fingerprint density at radius 2 is 2.00 bits per heavy atom. The van der Waals surface area contributed by atoms with Crippen LogP contribution in [0.5, 0.6) is 0 Å². The van der Waals surface area contributed by atoms with Gasteiger partial charge in [0.15, 0.2) is 0 Å². The Kier molecular flexibility index (Phi) is 4.32. The lowest BCUT2D eigenvalue weighted by atomic mass is 10.2. The molecule has 15 heavy (non-hydrogen) atoms. The fraction of sp³-hybridized carbons (Fsp3) is 0.600. The van der Waals surface area contributed by atoms with Gasteiger partial charge in [-0.15, -0.1) is 0 Å². The van der Waals surface area contributed by atoms with Gasteiger partial charge in [0.1, 0.15) is 5.82 Å². The number of aromatic nitrogens is 2. The van der Waals surface area contributed by atoms with E-state index in [1.165, 1.54) is 0 Å². The van der Waals surface area contributed by atoms with Crippen LogP contribution in [0, 0.1) is 0 Å². The average Bonchev–Trinajstić information content (AvgIpc) is 2.21. The maximum absolute atomic E-state index is 4.50. The van der Waals surface area contributed by atoms with Gasteiger partial charge in [-0.2, -0.15) is 4.98 Å². The first-order valence-corrected chi connectivity index (χ1v) is 5.81. The third kappa shape index (κ3) is 2.81. The molecule has 0 amide bonds. The number of aryl methyl sites for hydroxylation is 1. The van der Waals surface area contributed by atoms with E-state index in [-0.39, 0.29) is 0 Å². The number of anilines is 2. The summed E-state index contributed by atoms with van der Waals surface area (Å²) in [6.45, 7) is 2.14. The van der Waals surface area contributed by atoms with Gasteiger partial charge in [-0.3, -0.25) is 0 Å². The van der Waals surface area contributed by atoms with Crippen LogP contribution in [0.4, 0.5) is 11.8 Å². The van der Waals surface area contributed by atoms with E-state index in [0.717, 1.165) is 34.8 Å². The van der Waals surface area contributed by atoms with Gasteiger partial charge in [-0.05, 0) is 22.4 Å². The van der Waals surface area contributed by atoms with E-state index in [4.69, 9.17) is 0 Å². The highest BCUT2D eigenvalue weighted by Gasteiger charge is 2.11. The molecule has 4 nitrogen and oxygen atoms in total. The van der Waals surface area contributed by atoms with Crippen molar-refractivity contribution in [2.45, 2.75) is 19.8 Å². The van der Waals surface area contributed by atoms with Crippen molar-refractivity contribution in [3.63, 3.8) is 0 Å². The zero-order chi connectivity index (χ0) is 11.4. The smallest absolute Gasteiger partial charge is 0.227 e. The van der Waals surface area contributed by atoms with Crippen LogP contribution in [-0.4, -0.2) is 31.1 Å². The fourth-order valence-corrected chi connectivity index (χ4v) is 1.82. The molecule has 0 aromatic carbocycles. The predicted molar refractivity (Wildman–Crippen MR) is 67.6 cm³/mol. The van der Waals surface area contributed by atoms with Crippen LogP contribution in [0.1, 0.15) is 19.0 Å². The van der Waals surface area contributed by atoms with E-state index in [1.807, 2.05) is 26.0 Å². The number of nitrogens with zero attached hydrogens (tertiary/aromatic N) is 3. The summed E-state index contributed by atoms with van der Waals surface area (Å²) in [6, 6.07) is 0. The molecule has 0 spiro atoms. The third-order valence-electron chi connectivity index (χ3n) is 2.03. The molecule has 5 heteroatoms. The Hall–Kier alpha value is -0.840. The first kappa shape index (κ1) is 12.2. The van der Waals surface area contributed by atoms with Crippen molar-refractivity contribution in [3.05, 3.63) is 10.2 Å². The zero-order valence-corrected chi connectivity index (χ0v) is 11.2. The standard InChI is InChI=1S/C10H17BrN4/c1-5-6-7-8(11)9(12-2)14-10(13-7)15(3)4/h5-6H2,1-4H3,(H,12,13,14). The highest BCUT2D eigenvalue weighted by Crippen LogP contribution is 2.26. The van der Waals surface area contributed by atoms with Gasteiger partial charge in [-0.1, -0.05) is 13.3 Å². The van der Waals surface area contributed by atoms with Crippen molar-refractivity contribution in [2.75, 3.05) is 31.4 Å². The minimum absolute atomic E-state index is 0.742. The molecule has 0 fully saturated rings. The molecule has 1 aromatic heterocycles. The van der Waals surface area contributed by atoms with Crippen LogP contribution in [0.25, 0.3) is 0 Å². The second-order valence-electron chi connectivity index (χ2n) is 3.53. The first-order chi connectivity index (χ1) is 7.10. The molecular formula is C10H17BrN4. The van der Waals surface area contributed by atoms with Gasteiger partial charge in [0.25, 0.3) is 0 Å². The lowest BCUT2D eigenvalue weighted by molar-refractivity contribution is 0.854. The maximum Gasteiger partial charge on any atom is 0.227 e. The molecule has 0 aliphatic heterocycles. The third-order valence-corrected chi connectivity index (χ3v) is 2.86. The Morgan fingerprint density at radius 1 is 1.33 bits per heavy atom. The van der Waals surface area contributed by atoms with Crippen LogP contribution in [0.15, 0.2) is 4.47 Å². The highest BCUT2D eigenvalue weighted by molar-refractivity contribution is 9.10. The van der Waals surface area contributed by atoms with E-state index in [1.54, 1.807) is 0 Å². The molecule has 1 rings (SSSR count). The van der Waals surface area contributed by atoms with Gasteiger partial charge in [0.2, 0.25) is 5.95 Å². The molecule has 0 aliphatic carbocycles. The van der Waals surface area contributed by atoms with Crippen molar-refractivity contribution >= 4 is 27.7 Å². The quantitative estimate of drug-likeness (QED) is 0.914. The second-order valence-corrected chi connectivity index (χ2v) is 4.32. The summed E-state index contributed by atoms with van der Waals surface area (Å²) in [5.41, 5.74) is 1.06. The summed E-state index contributed by atoms with van der Waals surface area (Å²) in [5, 5.41) is 3.06.